The Kier molecular flexibility index (Phi) is 2.82. The Morgan fingerprint density at radius 3 is 2.71 bits per heavy atom. The van der Waals surface area contributed by atoms with Gasteiger partial charge in [-0.1, -0.05) is 23.2 Å². The van der Waals surface area contributed by atoms with Gasteiger partial charge in [-0.05, 0) is 67.8 Å². The van der Waals surface area contributed by atoms with Crippen LogP contribution in [0.1, 0.15) is 41.6 Å². The molecule has 120 valence electrons. The van der Waals surface area contributed by atoms with Crippen LogP contribution in [0.3, 0.4) is 0 Å². The first kappa shape index (κ1) is 14.6. The van der Waals surface area contributed by atoms with Gasteiger partial charge in [0.2, 0.25) is 0 Å². The van der Waals surface area contributed by atoms with E-state index < -0.39 is 0 Å². The van der Waals surface area contributed by atoms with Crippen LogP contribution in [0, 0.1) is 6.92 Å². The molecule has 2 aromatic carbocycles. The molecule has 1 aliphatic heterocycles. The zero-order chi connectivity index (χ0) is 16.6. The Bertz CT molecular complexity index is 1030. The molecule has 5 rings (SSSR count). The first-order valence-electron chi connectivity index (χ1n) is 8.14. The summed E-state index contributed by atoms with van der Waals surface area (Å²) in [6.45, 7) is 4.38. The fraction of sp³-hybridized carbons (Fsp3) is 0.250. The van der Waals surface area contributed by atoms with Crippen LogP contribution in [0.5, 0.6) is 0 Å². The van der Waals surface area contributed by atoms with E-state index in [1.807, 2.05) is 18.2 Å². The van der Waals surface area contributed by atoms with Gasteiger partial charge in [0.15, 0.2) is 0 Å². The van der Waals surface area contributed by atoms with Crippen LogP contribution >= 0.6 is 23.2 Å². The summed E-state index contributed by atoms with van der Waals surface area (Å²) in [6, 6.07) is 12.1. The zero-order valence-electron chi connectivity index (χ0n) is 13.5. The Hall–Kier alpha value is -1.77. The molecule has 4 heteroatoms. The SMILES string of the molecule is Cc1nc2ccc(Cl)cc2c2c1C1(C)CC2c2cc(Cl)ccc2N1. The van der Waals surface area contributed by atoms with E-state index in [2.05, 4.69) is 37.4 Å². The predicted molar refractivity (Wildman–Crippen MR) is 100 cm³/mol. The van der Waals surface area contributed by atoms with Crippen molar-refractivity contribution in [3.63, 3.8) is 0 Å². The smallest absolute Gasteiger partial charge is 0.0709 e. The highest BCUT2D eigenvalue weighted by molar-refractivity contribution is 6.31. The maximum atomic E-state index is 6.30. The van der Waals surface area contributed by atoms with Crippen molar-refractivity contribution >= 4 is 39.8 Å². The second-order valence-corrected chi connectivity index (χ2v) is 7.97. The van der Waals surface area contributed by atoms with Gasteiger partial charge in [0.25, 0.3) is 0 Å². The summed E-state index contributed by atoms with van der Waals surface area (Å²) in [7, 11) is 0. The Morgan fingerprint density at radius 2 is 1.88 bits per heavy atom. The largest absolute Gasteiger partial charge is 0.375 e. The molecule has 0 spiro atoms. The average Bonchev–Trinajstić information content (AvgIpc) is 2.79. The van der Waals surface area contributed by atoms with Gasteiger partial charge in [0, 0.05) is 38.3 Å². The number of hydrogen-bond acceptors (Lipinski definition) is 2. The van der Waals surface area contributed by atoms with E-state index in [4.69, 9.17) is 28.2 Å². The van der Waals surface area contributed by atoms with Crippen LogP contribution in [0.2, 0.25) is 10.0 Å². The van der Waals surface area contributed by atoms with Crippen molar-refractivity contribution in [1.29, 1.82) is 0 Å². The van der Waals surface area contributed by atoms with Gasteiger partial charge in [0.1, 0.15) is 0 Å². The fourth-order valence-electron chi connectivity index (χ4n) is 4.67. The van der Waals surface area contributed by atoms with E-state index in [0.29, 0.717) is 5.92 Å². The topological polar surface area (TPSA) is 24.9 Å². The molecule has 2 nitrogen and oxygen atoms in total. The van der Waals surface area contributed by atoms with Crippen LogP contribution in [-0.4, -0.2) is 4.98 Å². The van der Waals surface area contributed by atoms with Crippen molar-refractivity contribution in [2.24, 2.45) is 0 Å². The van der Waals surface area contributed by atoms with Crippen molar-refractivity contribution in [1.82, 2.24) is 4.98 Å². The minimum absolute atomic E-state index is 0.103. The molecule has 0 saturated carbocycles. The second kappa shape index (κ2) is 4.65. The van der Waals surface area contributed by atoms with E-state index in [-0.39, 0.29) is 5.54 Å². The number of benzene rings is 2. The van der Waals surface area contributed by atoms with Crippen molar-refractivity contribution in [2.75, 3.05) is 5.32 Å². The van der Waals surface area contributed by atoms with Gasteiger partial charge >= 0.3 is 0 Å². The molecule has 1 aromatic heterocycles. The lowest BCUT2D eigenvalue weighted by Crippen LogP contribution is -2.33. The van der Waals surface area contributed by atoms with Crippen LogP contribution in [0.15, 0.2) is 36.4 Å². The number of hydrogen-bond donors (Lipinski definition) is 1. The average molecular weight is 355 g/mol. The summed E-state index contributed by atoms with van der Waals surface area (Å²) >= 11 is 12.6. The lowest BCUT2D eigenvalue weighted by molar-refractivity contribution is 0.494. The van der Waals surface area contributed by atoms with E-state index in [1.165, 1.54) is 22.4 Å². The van der Waals surface area contributed by atoms with Crippen LogP contribution in [-0.2, 0) is 5.54 Å². The Balaban J connectivity index is 1.91. The summed E-state index contributed by atoms with van der Waals surface area (Å²) in [6.07, 6.45) is 1.02. The third kappa shape index (κ3) is 1.81. The first-order valence-corrected chi connectivity index (χ1v) is 8.90. The van der Waals surface area contributed by atoms with E-state index in [1.54, 1.807) is 0 Å². The number of anilines is 1. The first-order chi connectivity index (χ1) is 11.5. The Labute approximate surface area is 150 Å². The number of rotatable bonds is 0. The molecule has 0 amide bonds. The number of aryl methyl sites for hydroxylation is 1. The number of aromatic nitrogens is 1. The maximum Gasteiger partial charge on any atom is 0.0709 e. The quantitative estimate of drug-likeness (QED) is 0.533. The monoisotopic (exact) mass is 354 g/mol. The van der Waals surface area contributed by atoms with E-state index >= 15 is 0 Å². The van der Waals surface area contributed by atoms with Gasteiger partial charge in [-0.15, -0.1) is 0 Å². The van der Waals surface area contributed by atoms with Gasteiger partial charge in [-0.3, -0.25) is 4.98 Å². The molecule has 1 aliphatic carbocycles. The summed E-state index contributed by atoms with van der Waals surface area (Å²) in [5.74, 6) is 0.322. The molecule has 3 aromatic rings. The molecule has 1 N–H and O–H groups in total. The summed E-state index contributed by atoms with van der Waals surface area (Å²) < 4.78 is 0. The third-order valence-corrected chi connectivity index (χ3v) is 5.95. The summed E-state index contributed by atoms with van der Waals surface area (Å²) in [5, 5.41) is 6.42. The second-order valence-electron chi connectivity index (χ2n) is 7.09. The molecule has 2 aliphatic rings. The number of halogens is 2. The van der Waals surface area contributed by atoms with Gasteiger partial charge < -0.3 is 5.32 Å². The minimum atomic E-state index is -0.103. The van der Waals surface area contributed by atoms with Crippen molar-refractivity contribution in [2.45, 2.75) is 31.7 Å². The Morgan fingerprint density at radius 1 is 1.12 bits per heavy atom. The molecule has 24 heavy (non-hydrogen) atoms. The molecule has 0 radical (unpaired) electrons. The molecule has 2 atom stereocenters. The highest BCUT2D eigenvalue weighted by Gasteiger charge is 2.47. The maximum absolute atomic E-state index is 6.30. The van der Waals surface area contributed by atoms with Gasteiger partial charge in [-0.25, -0.2) is 0 Å². The number of nitrogens with zero attached hydrogens (tertiary/aromatic N) is 1. The van der Waals surface area contributed by atoms with E-state index in [0.717, 1.165) is 33.1 Å². The normalized spacial score (nSPS) is 23.8. The van der Waals surface area contributed by atoms with Gasteiger partial charge in [0.05, 0.1) is 11.1 Å². The highest BCUT2D eigenvalue weighted by Crippen LogP contribution is 2.57. The van der Waals surface area contributed by atoms with E-state index in [9.17, 15) is 0 Å². The third-order valence-electron chi connectivity index (χ3n) is 5.48. The molecule has 2 heterocycles. The molecule has 2 unspecified atom stereocenters. The molecule has 0 fully saturated rings. The van der Waals surface area contributed by atoms with Crippen LogP contribution < -0.4 is 5.32 Å². The highest BCUT2D eigenvalue weighted by atomic mass is 35.5. The summed E-state index contributed by atoms with van der Waals surface area (Å²) in [5.41, 5.74) is 7.11. The van der Waals surface area contributed by atoms with Crippen molar-refractivity contribution < 1.29 is 0 Å². The van der Waals surface area contributed by atoms with Crippen LogP contribution in [0.25, 0.3) is 10.9 Å². The molecular formula is C20H16Cl2N2. The number of pyridine rings is 1. The molecule has 0 saturated heterocycles. The van der Waals surface area contributed by atoms with Crippen LogP contribution in [0.4, 0.5) is 5.69 Å². The van der Waals surface area contributed by atoms with Crippen molar-refractivity contribution in [3.05, 3.63) is 68.8 Å². The lowest BCUT2D eigenvalue weighted by atomic mass is 9.85. The van der Waals surface area contributed by atoms with Crippen molar-refractivity contribution in [3.8, 4) is 0 Å². The molecule has 2 bridgehead atoms. The lowest BCUT2D eigenvalue weighted by Gasteiger charge is -2.34. The summed E-state index contributed by atoms with van der Waals surface area (Å²) in [4.78, 5) is 4.85. The number of fused-ring (bicyclic) bond motifs is 9. The standard InChI is InChI=1S/C20H16Cl2N2/c1-10-19-18(14-8-12(22)3-5-16(14)23-10)15-9-20(19,2)24-17-6-4-11(21)7-13(15)17/h3-8,15,24H,9H2,1-2H3. The predicted octanol–water partition coefficient (Wildman–Crippen LogP) is 6.03. The fourth-order valence-corrected chi connectivity index (χ4v) is 5.02. The van der Waals surface area contributed by atoms with Gasteiger partial charge in [-0.2, -0.15) is 0 Å². The zero-order valence-corrected chi connectivity index (χ0v) is 15.0. The number of nitrogens with one attached hydrogen (secondary N) is 1. The minimum Gasteiger partial charge on any atom is -0.375 e. The molecular weight excluding hydrogens is 339 g/mol.